The predicted molar refractivity (Wildman–Crippen MR) is 159 cm³/mol. The molecular formula is C30H36F17NO6Si. The maximum atomic E-state index is 14.8. The summed E-state index contributed by atoms with van der Waals surface area (Å²) in [6, 6.07) is 3.98. The van der Waals surface area contributed by atoms with Crippen molar-refractivity contribution in [2.45, 2.75) is 111 Å². The first-order chi connectivity index (χ1) is 24.6. The summed E-state index contributed by atoms with van der Waals surface area (Å²) in [5.74, 6) is -57.6. The fourth-order valence-electron chi connectivity index (χ4n) is 5.23. The molecule has 1 aromatic rings. The standard InChI is InChI=1S/C30H36F17NO6Si/c1-16(2)55(17(3)4,54-14-13-53-19-8-6-18(7-9-19)22(50)20(52-5)10-11-21(49)48-51)15-12-23(31,32)24(33,34)25(35,36)26(37,38)27(39,40)28(41,42)29(43,44)30(45,46)47/h6-11,16-17,20,22,50-51H,12-15H2,1-5H3,(H,48,49)/b11-10+/t20-,22-/m0/s1. The van der Waals surface area contributed by atoms with Crippen LogP contribution in [0.1, 0.15) is 45.8 Å². The summed E-state index contributed by atoms with van der Waals surface area (Å²) >= 11 is 0. The highest BCUT2D eigenvalue weighted by Gasteiger charge is 2.95. The van der Waals surface area contributed by atoms with E-state index in [9.17, 15) is 84.5 Å². The normalized spacial score (nSPS) is 15.9. The van der Waals surface area contributed by atoms with Crippen LogP contribution in [0.5, 0.6) is 5.75 Å². The average molecular weight is 858 g/mol. The maximum Gasteiger partial charge on any atom is 0.460 e. The molecule has 320 valence electrons. The van der Waals surface area contributed by atoms with Crippen LogP contribution in [0.2, 0.25) is 17.1 Å². The van der Waals surface area contributed by atoms with Gasteiger partial charge in [0, 0.05) is 19.6 Å². The van der Waals surface area contributed by atoms with Crippen molar-refractivity contribution in [1.29, 1.82) is 0 Å². The molecule has 0 radical (unpaired) electrons. The lowest BCUT2D eigenvalue weighted by atomic mass is 9.88. The largest absolute Gasteiger partial charge is 0.491 e. The van der Waals surface area contributed by atoms with E-state index in [1.54, 1.807) is 0 Å². The number of methoxy groups -OCH3 is 1. The smallest absolute Gasteiger partial charge is 0.460 e. The van der Waals surface area contributed by atoms with E-state index < -0.39 is 111 Å². The zero-order valence-electron chi connectivity index (χ0n) is 29.1. The minimum absolute atomic E-state index is 0.0924. The number of hydroxylamine groups is 1. The molecule has 0 heterocycles. The number of ether oxygens (including phenoxy) is 2. The van der Waals surface area contributed by atoms with Gasteiger partial charge in [0.1, 0.15) is 24.6 Å². The number of carbonyl (C=O) groups is 1. The molecule has 1 aromatic carbocycles. The molecule has 0 aliphatic carbocycles. The topological polar surface area (TPSA) is 97.3 Å². The molecule has 0 spiro atoms. The minimum atomic E-state index is -8.69. The van der Waals surface area contributed by atoms with Gasteiger partial charge in [0.05, 0.1) is 6.61 Å². The second-order valence-electron chi connectivity index (χ2n) is 12.7. The van der Waals surface area contributed by atoms with Crippen LogP contribution in [0.4, 0.5) is 74.6 Å². The third-order valence-corrected chi connectivity index (χ3v) is 14.3. The van der Waals surface area contributed by atoms with E-state index in [2.05, 4.69) is 0 Å². The Labute approximate surface area is 302 Å². The maximum absolute atomic E-state index is 14.8. The van der Waals surface area contributed by atoms with Crippen LogP contribution in [0.3, 0.4) is 0 Å². The van der Waals surface area contributed by atoms with Gasteiger partial charge < -0.3 is 19.0 Å². The molecule has 2 atom stereocenters. The molecule has 3 N–H and O–H groups in total. The van der Waals surface area contributed by atoms with E-state index in [4.69, 9.17) is 19.1 Å². The predicted octanol–water partition coefficient (Wildman–Crippen LogP) is 9.36. The van der Waals surface area contributed by atoms with E-state index in [1.807, 2.05) is 0 Å². The Kier molecular flexibility index (Phi) is 15.8. The summed E-state index contributed by atoms with van der Waals surface area (Å²) < 4.78 is 250. The fourth-order valence-corrected chi connectivity index (χ4v) is 9.70. The number of aliphatic hydroxyl groups is 1. The lowest BCUT2D eigenvalue weighted by molar-refractivity contribution is -0.461. The fraction of sp³-hybridized carbons (Fsp3) is 0.700. The quantitative estimate of drug-likeness (QED) is 0.0285. The third-order valence-electron chi connectivity index (χ3n) is 8.65. The van der Waals surface area contributed by atoms with Gasteiger partial charge in [-0.05, 0) is 40.9 Å². The highest BCUT2D eigenvalue weighted by atomic mass is 28.4. The number of hydrogen-bond donors (Lipinski definition) is 3. The molecule has 25 heteroatoms. The van der Waals surface area contributed by atoms with Crippen LogP contribution in [0.25, 0.3) is 0 Å². The van der Waals surface area contributed by atoms with Gasteiger partial charge in [0.2, 0.25) is 0 Å². The molecule has 55 heavy (non-hydrogen) atoms. The number of alkyl halides is 17. The molecule has 0 fully saturated rings. The monoisotopic (exact) mass is 857 g/mol. The molecule has 0 aromatic heterocycles. The number of halogens is 17. The van der Waals surface area contributed by atoms with Crippen LogP contribution in [0, 0.1) is 0 Å². The minimum Gasteiger partial charge on any atom is -0.491 e. The molecule has 1 rings (SSSR count). The zero-order valence-corrected chi connectivity index (χ0v) is 30.1. The molecule has 0 saturated heterocycles. The molecular weight excluding hydrogens is 821 g/mol. The Morgan fingerprint density at radius 2 is 1.16 bits per heavy atom. The Hall–Kier alpha value is -2.90. The number of aliphatic hydroxyl groups excluding tert-OH is 1. The molecule has 0 unspecified atom stereocenters. The number of carbonyl (C=O) groups excluding carboxylic acids is 1. The van der Waals surface area contributed by atoms with Gasteiger partial charge >= 0.3 is 47.6 Å². The van der Waals surface area contributed by atoms with Gasteiger partial charge in [0.25, 0.3) is 5.91 Å². The number of benzene rings is 1. The molecule has 0 aliphatic rings. The first-order valence-corrected chi connectivity index (χ1v) is 17.8. The Balaban J connectivity index is 3.24. The Bertz CT molecular complexity index is 1430. The first-order valence-electron chi connectivity index (χ1n) is 15.5. The van der Waals surface area contributed by atoms with Gasteiger partial charge in [0.15, 0.2) is 8.32 Å². The van der Waals surface area contributed by atoms with Crippen molar-refractivity contribution < 1.29 is 104 Å². The van der Waals surface area contributed by atoms with E-state index in [0.717, 1.165) is 12.2 Å². The number of rotatable bonds is 21. The number of hydrogen-bond acceptors (Lipinski definition) is 6. The summed E-state index contributed by atoms with van der Waals surface area (Å²) in [5.41, 5.74) is -0.194. The Morgan fingerprint density at radius 3 is 1.56 bits per heavy atom. The summed E-state index contributed by atoms with van der Waals surface area (Å²) in [5, 5.41) is 19.0. The number of amides is 1. The highest BCUT2D eigenvalue weighted by Crippen LogP contribution is 2.64. The third kappa shape index (κ3) is 9.46. The van der Waals surface area contributed by atoms with Crippen molar-refractivity contribution in [2.75, 3.05) is 20.3 Å². The molecule has 7 nitrogen and oxygen atoms in total. The summed E-state index contributed by atoms with van der Waals surface area (Å²) in [4.78, 5) is 11.2. The number of nitrogens with one attached hydrogen (secondary N) is 1. The van der Waals surface area contributed by atoms with Crippen molar-refractivity contribution in [3.05, 3.63) is 42.0 Å². The lowest BCUT2D eigenvalue weighted by Gasteiger charge is -2.44. The average Bonchev–Trinajstić information content (AvgIpc) is 3.06. The molecule has 0 saturated carbocycles. The van der Waals surface area contributed by atoms with E-state index in [0.29, 0.717) is 0 Å². The zero-order chi connectivity index (χ0) is 43.4. The van der Waals surface area contributed by atoms with Gasteiger partial charge in [-0.15, -0.1) is 0 Å². The van der Waals surface area contributed by atoms with Crippen molar-refractivity contribution >= 4 is 14.2 Å². The van der Waals surface area contributed by atoms with Crippen molar-refractivity contribution in [1.82, 2.24) is 5.48 Å². The van der Waals surface area contributed by atoms with Gasteiger partial charge in [-0.2, -0.15) is 74.6 Å². The molecule has 0 aliphatic heterocycles. The van der Waals surface area contributed by atoms with E-state index in [-0.39, 0.29) is 11.3 Å². The second kappa shape index (κ2) is 17.3. The van der Waals surface area contributed by atoms with Crippen molar-refractivity contribution in [3.8, 4) is 5.75 Å². The Morgan fingerprint density at radius 1 is 0.727 bits per heavy atom. The van der Waals surface area contributed by atoms with E-state index in [1.165, 1.54) is 64.6 Å². The molecule has 0 bridgehead atoms. The van der Waals surface area contributed by atoms with E-state index >= 15 is 0 Å². The SMILES string of the molecule is CO[C@@H](/C=C/C(=O)NO)[C@@H](O)c1ccc(OCCO[Si](CCC(F)(F)C(F)(F)C(F)(F)C(F)(F)C(F)(F)C(F)(F)C(F)(F)C(F)(F)F)(C(C)C)C(C)C)cc1. The second-order valence-corrected chi connectivity index (χ2v) is 17.7. The summed E-state index contributed by atoms with van der Waals surface area (Å²) in [6.07, 6.45) is -10.8. The van der Waals surface area contributed by atoms with Crippen LogP contribution in [-0.4, -0.2) is 98.6 Å². The summed E-state index contributed by atoms with van der Waals surface area (Å²) in [7, 11) is -2.77. The van der Waals surface area contributed by atoms with Crippen LogP contribution >= 0.6 is 0 Å². The van der Waals surface area contributed by atoms with Gasteiger partial charge in [-0.1, -0.05) is 39.8 Å². The van der Waals surface area contributed by atoms with Crippen molar-refractivity contribution in [3.63, 3.8) is 0 Å². The van der Waals surface area contributed by atoms with Gasteiger partial charge in [-0.3, -0.25) is 10.0 Å². The van der Waals surface area contributed by atoms with Crippen LogP contribution in [0.15, 0.2) is 36.4 Å². The van der Waals surface area contributed by atoms with Crippen LogP contribution in [-0.2, 0) is 14.0 Å². The molecule has 1 amide bonds. The summed E-state index contributed by atoms with van der Waals surface area (Å²) in [6.45, 7) is 4.27. The first kappa shape index (κ1) is 50.1. The lowest BCUT2D eigenvalue weighted by Crippen LogP contribution is -2.74. The highest BCUT2D eigenvalue weighted by molar-refractivity contribution is 6.76. The van der Waals surface area contributed by atoms with Crippen LogP contribution < -0.4 is 10.2 Å². The van der Waals surface area contributed by atoms with Gasteiger partial charge in [-0.25, -0.2) is 5.48 Å². The van der Waals surface area contributed by atoms with Crippen molar-refractivity contribution in [2.24, 2.45) is 0 Å².